The number of aromatic hydroxyl groups is 1. The highest BCUT2D eigenvalue weighted by Gasteiger charge is 2.15. The van der Waals surface area contributed by atoms with E-state index in [2.05, 4.69) is 14.5 Å². The number of aryl methyl sites for hydroxylation is 2. The lowest BCUT2D eigenvalue weighted by molar-refractivity contribution is -0.0120. The lowest BCUT2D eigenvalue weighted by Crippen LogP contribution is -2.26. The number of fused-ring (bicyclic) bond motifs is 1. The maximum absolute atomic E-state index is 10.0. The molecule has 3 aromatic rings. The number of ether oxygens (including phenoxy) is 3. The van der Waals surface area contributed by atoms with E-state index in [0.29, 0.717) is 24.8 Å². The van der Waals surface area contributed by atoms with Crippen LogP contribution < -0.4 is 9.47 Å². The Bertz CT molecular complexity index is 935. The van der Waals surface area contributed by atoms with Gasteiger partial charge >= 0.3 is 0 Å². The van der Waals surface area contributed by atoms with Gasteiger partial charge in [0.2, 0.25) is 11.8 Å². The highest BCUT2D eigenvalue weighted by molar-refractivity contribution is 5.80. The molecule has 4 heterocycles. The van der Waals surface area contributed by atoms with Crippen molar-refractivity contribution in [2.75, 3.05) is 20.3 Å². The average molecular weight is 383 g/mol. The summed E-state index contributed by atoms with van der Waals surface area (Å²) in [6.45, 7) is 1.98. The molecule has 4 rings (SSSR count). The van der Waals surface area contributed by atoms with Gasteiger partial charge in [0.1, 0.15) is 12.4 Å². The number of methoxy groups -OCH3 is 1. The Morgan fingerprint density at radius 1 is 1.25 bits per heavy atom. The standard InChI is InChI=1S/C21H25N3O4/c1-26-20-10-15-5-7-24(19(15)13-22-20)8-6-16-11-17(25)12-21(23-16)28-14-18-4-2-3-9-27-18/h5,7,10-13,18H,2-4,6,8-9,14H2,1H3,(H,23,25). The highest BCUT2D eigenvalue weighted by atomic mass is 16.5. The SMILES string of the molecule is COc1cc2ccn(CCc3cc(O)cc(OCC4CCCCO4)n3)c2cn1. The molecule has 1 saturated heterocycles. The summed E-state index contributed by atoms with van der Waals surface area (Å²) in [4.78, 5) is 8.82. The van der Waals surface area contributed by atoms with Gasteiger partial charge in [0.25, 0.3) is 0 Å². The largest absolute Gasteiger partial charge is 0.508 e. The van der Waals surface area contributed by atoms with E-state index in [1.807, 2.05) is 24.5 Å². The van der Waals surface area contributed by atoms with Gasteiger partial charge in [-0.25, -0.2) is 9.97 Å². The fourth-order valence-electron chi connectivity index (χ4n) is 3.47. The molecule has 3 aromatic heterocycles. The Morgan fingerprint density at radius 3 is 3.00 bits per heavy atom. The van der Waals surface area contributed by atoms with Crippen molar-refractivity contribution in [2.24, 2.45) is 0 Å². The first kappa shape index (κ1) is 18.6. The van der Waals surface area contributed by atoms with Gasteiger partial charge in [0.05, 0.1) is 24.9 Å². The molecule has 1 aliphatic rings. The predicted molar refractivity (Wildman–Crippen MR) is 105 cm³/mol. The maximum Gasteiger partial charge on any atom is 0.217 e. The van der Waals surface area contributed by atoms with Crippen LogP contribution in [0.4, 0.5) is 0 Å². The first-order chi connectivity index (χ1) is 13.7. The molecule has 1 unspecified atom stereocenters. The maximum atomic E-state index is 10.0. The van der Waals surface area contributed by atoms with Crippen molar-refractivity contribution in [3.8, 4) is 17.5 Å². The Kier molecular flexibility index (Phi) is 5.62. The topological polar surface area (TPSA) is 78.6 Å². The zero-order valence-electron chi connectivity index (χ0n) is 16.0. The fourth-order valence-corrected chi connectivity index (χ4v) is 3.47. The second-order valence-electron chi connectivity index (χ2n) is 7.00. The molecule has 1 fully saturated rings. The Labute approximate surface area is 163 Å². The van der Waals surface area contributed by atoms with Gasteiger partial charge in [0, 0.05) is 55.0 Å². The summed E-state index contributed by atoms with van der Waals surface area (Å²) in [7, 11) is 1.61. The molecule has 7 heteroatoms. The molecule has 148 valence electrons. The van der Waals surface area contributed by atoms with E-state index < -0.39 is 0 Å². The van der Waals surface area contributed by atoms with Crippen molar-refractivity contribution in [2.45, 2.75) is 38.3 Å². The third-order valence-corrected chi connectivity index (χ3v) is 4.98. The van der Waals surface area contributed by atoms with Crippen molar-refractivity contribution >= 4 is 10.9 Å². The minimum absolute atomic E-state index is 0.108. The molecular formula is C21H25N3O4. The van der Waals surface area contributed by atoms with Crippen molar-refractivity contribution < 1.29 is 19.3 Å². The number of pyridine rings is 2. The Balaban J connectivity index is 1.41. The molecule has 1 N–H and O–H groups in total. The molecular weight excluding hydrogens is 358 g/mol. The van der Waals surface area contributed by atoms with Gasteiger partial charge in [-0.15, -0.1) is 0 Å². The third kappa shape index (κ3) is 4.36. The van der Waals surface area contributed by atoms with Crippen molar-refractivity contribution in [3.05, 3.63) is 42.4 Å². The molecule has 7 nitrogen and oxygen atoms in total. The van der Waals surface area contributed by atoms with Crippen molar-refractivity contribution in [1.29, 1.82) is 0 Å². The number of aromatic nitrogens is 3. The molecule has 0 amide bonds. The highest BCUT2D eigenvalue weighted by Crippen LogP contribution is 2.22. The molecule has 1 aliphatic heterocycles. The van der Waals surface area contributed by atoms with Crippen LogP contribution in [0.15, 0.2) is 36.7 Å². The summed E-state index contributed by atoms with van der Waals surface area (Å²) in [5.41, 5.74) is 1.81. The van der Waals surface area contributed by atoms with E-state index in [-0.39, 0.29) is 11.9 Å². The lowest BCUT2D eigenvalue weighted by Gasteiger charge is -2.22. The minimum atomic E-state index is 0.108. The van der Waals surface area contributed by atoms with Gasteiger partial charge in [-0.05, 0) is 25.3 Å². The molecule has 0 aliphatic carbocycles. The smallest absolute Gasteiger partial charge is 0.217 e. The van der Waals surface area contributed by atoms with Crippen LogP contribution in [-0.4, -0.2) is 46.1 Å². The van der Waals surface area contributed by atoms with Gasteiger partial charge in [-0.1, -0.05) is 0 Å². The number of rotatable bonds is 7. The fraction of sp³-hybridized carbons (Fsp3) is 0.429. The van der Waals surface area contributed by atoms with Gasteiger partial charge in [-0.3, -0.25) is 0 Å². The van der Waals surface area contributed by atoms with Crippen LogP contribution in [0, 0.1) is 0 Å². The molecule has 28 heavy (non-hydrogen) atoms. The normalized spacial score (nSPS) is 17.0. The molecule has 0 saturated carbocycles. The third-order valence-electron chi connectivity index (χ3n) is 4.98. The van der Waals surface area contributed by atoms with E-state index in [1.165, 1.54) is 0 Å². The number of hydrogen-bond acceptors (Lipinski definition) is 6. The van der Waals surface area contributed by atoms with E-state index in [1.54, 1.807) is 19.2 Å². The van der Waals surface area contributed by atoms with E-state index in [0.717, 1.165) is 49.0 Å². The summed E-state index contributed by atoms with van der Waals surface area (Å²) < 4.78 is 18.7. The van der Waals surface area contributed by atoms with Crippen LogP contribution in [0.25, 0.3) is 10.9 Å². The van der Waals surface area contributed by atoms with Crippen LogP contribution in [0.5, 0.6) is 17.5 Å². The predicted octanol–water partition coefficient (Wildman–Crippen LogP) is 3.34. The average Bonchev–Trinajstić information content (AvgIpc) is 3.13. The minimum Gasteiger partial charge on any atom is -0.508 e. The second-order valence-corrected chi connectivity index (χ2v) is 7.00. The molecule has 0 spiro atoms. The summed E-state index contributed by atoms with van der Waals surface area (Å²) in [5.74, 6) is 1.20. The van der Waals surface area contributed by atoms with Crippen LogP contribution in [-0.2, 0) is 17.7 Å². The second kappa shape index (κ2) is 8.48. The van der Waals surface area contributed by atoms with E-state index >= 15 is 0 Å². The van der Waals surface area contributed by atoms with Crippen molar-refractivity contribution in [3.63, 3.8) is 0 Å². The molecule has 1 atom stereocenters. The van der Waals surface area contributed by atoms with Crippen LogP contribution in [0.1, 0.15) is 25.0 Å². The first-order valence-electron chi connectivity index (χ1n) is 9.64. The molecule has 0 aromatic carbocycles. The quantitative estimate of drug-likeness (QED) is 0.674. The summed E-state index contributed by atoms with van der Waals surface area (Å²) in [5, 5.41) is 11.1. The van der Waals surface area contributed by atoms with Crippen molar-refractivity contribution in [1.82, 2.24) is 14.5 Å². The molecule has 0 bridgehead atoms. The summed E-state index contributed by atoms with van der Waals surface area (Å²) in [6, 6.07) is 7.18. The summed E-state index contributed by atoms with van der Waals surface area (Å²) >= 11 is 0. The monoisotopic (exact) mass is 383 g/mol. The number of hydrogen-bond donors (Lipinski definition) is 1. The Hall–Kier alpha value is -2.80. The van der Waals surface area contributed by atoms with Crippen LogP contribution in [0.2, 0.25) is 0 Å². The summed E-state index contributed by atoms with van der Waals surface area (Å²) in [6.07, 6.45) is 7.89. The Morgan fingerprint density at radius 2 is 2.18 bits per heavy atom. The number of nitrogens with zero attached hydrogens (tertiary/aromatic N) is 3. The zero-order valence-corrected chi connectivity index (χ0v) is 16.0. The van der Waals surface area contributed by atoms with Crippen LogP contribution >= 0.6 is 0 Å². The first-order valence-corrected chi connectivity index (χ1v) is 9.64. The van der Waals surface area contributed by atoms with Gasteiger partial charge < -0.3 is 23.9 Å². The van der Waals surface area contributed by atoms with Crippen LogP contribution in [0.3, 0.4) is 0 Å². The van der Waals surface area contributed by atoms with E-state index in [9.17, 15) is 5.11 Å². The lowest BCUT2D eigenvalue weighted by atomic mass is 10.1. The van der Waals surface area contributed by atoms with Gasteiger partial charge in [-0.2, -0.15) is 0 Å². The van der Waals surface area contributed by atoms with E-state index in [4.69, 9.17) is 14.2 Å². The zero-order chi connectivity index (χ0) is 19.3. The van der Waals surface area contributed by atoms with Gasteiger partial charge in [0.15, 0.2) is 0 Å². The molecule has 0 radical (unpaired) electrons.